The zero-order chi connectivity index (χ0) is 14.5. The van der Waals surface area contributed by atoms with E-state index < -0.39 is 5.69 Å². The van der Waals surface area contributed by atoms with E-state index in [2.05, 4.69) is 15.9 Å². The third-order valence-electron chi connectivity index (χ3n) is 2.72. The van der Waals surface area contributed by atoms with E-state index in [0.717, 1.165) is 5.69 Å². The number of benzene rings is 1. The molecule has 0 saturated carbocycles. The summed E-state index contributed by atoms with van der Waals surface area (Å²) in [6, 6.07) is 9.23. The van der Waals surface area contributed by atoms with Gasteiger partial charge in [-0.15, -0.1) is 6.42 Å². The van der Waals surface area contributed by atoms with Crippen molar-refractivity contribution in [3.8, 4) is 18.0 Å². The molecule has 0 bridgehead atoms. The molecule has 0 aliphatic carbocycles. The Morgan fingerprint density at radius 2 is 2.05 bits per heavy atom. The van der Waals surface area contributed by atoms with Gasteiger partial charge in [-0.3, -0.25) is 5.01 Å². The molecule has 0 aliphatic heterocycles. The van der Waals surface area contributed by atoms with Gasteiger partial charge in [0.05, 0.1) is 12.2 Å². The first-order valence-electron chi connectivity index (χ1n) is 6.18. The number of aryl methyl sites for hydroxylation is 1. The van der Waals surface area contributed by atoms with Gasteiger partial charge in [-0.25, -0.2) is 15.2 Å². The van der Waals surface area contributed by atoms with Crippen LogP contribution in [0.25, 0.3) is 5.69 Å². The van der Waals surface area contributed by atoms with E-state index in [9.17, 15) is 4.79 Å². The zero-order valence-electron chi connectivity index (χ0n) is 11.2. The molecule has 6 heteroatoms. The third kappa shape index (κ3) is 2.68. The number of para-hydroxylation sites is 1. The fourth-order valence-corrected chi connectivity index (χ4v) is 1.81. The third-order valence-corrected chi connectivity index (χ3v) is 2.72. The largest absolute Gasteiger partial charge is 0.356 e. The van der Waals surface area contributed by atoms with Gasteiger partial charge in [0.2, 0.25) is 5.95 Å². The van der Waals surface area contributed by atoms with Crippen molar-refractivity contribution in [3.63, 3.8) is 0 Å². The average Bonchev–Trinajstić information content (AvgIpc) is 2.47. The van der Waals surface area contributed by atoms with E-state index in [4.69, 9.17) is 12.3 Å². The summed E-state index contributed by atoms with van der Waals surface area (Å²) in [5.74, 6) is 8.80. The van der Waals surface area contributed by atoms with Crippen molar-refractivity contribution in [2.24, 2.45) is 5.84 Å². The molecule has 0 spiro atoms. The van der Waals surface area contributed by atoms with Crippen molar-refractivity contribution in [2.45, 2.75) is 13.3 Å². The summed E-state index contributed by atoms with van der Waals surface area (Å²) in [5.41, 5.74) is 0.298. The Balaban J connectivity index is 2.56. The van der Waals surface area contributed by atoms with E-state index in [1.165, 1.54) is 9.58 Å². The Morgan fingerprint density at radius 1 is 1.35 bits per heavy atom. The van der Waals surface area contributed by atoms with E-state index in [1.807, 2.05) is 37.3 Å². The summed E-state index contributed by atoms with van der Waals surface area (Å²) in [6.07, 6.45) is 5.76. The topological polar surface area (TPSA) is 77.0 Å². The van der Waals surface area contributed by atoms with Crippen molar-refractivity contribution in [3.05, 3.63) is 46.6 Å². The van der Waals surface area contributed by atoms with Gasteiger partial charge in [0, 0.05) is 6.42 Å². The fourth-order valence-electron chi connectivity index (χ4n) is 1.81. The van der Waals surface area contributed by atoms with E-state index >= 15 is 0 Å². The molecular weight excluding hydrogens is 254 g/mol. The molecule has 1 heterocycles. The maximum Gasteiger partial charge on any atom is 0.356 e. The number of hydrogen-bond acceptors (Lipinski definition) is 5. The highest BCUT2D eigenvalue weighted by atomic mass is 16.1. The van der Waals surface area contributed by atoms with Crippen molar-refractivity contribution in [1.29, 1.82) is 0 Å². The molecule has 0 radical (unpaired) electrons. The van der Waals surface area contributed by atoms with Gasteiger partial charge in [-0.1, -0.05) is 31.0 Å². The van der Waals surface area contributed by atoms with Crippen LogP contribution in [0.15, 0.2) is 35.1 Å². The lowest BCUT2D eigenvalue weighted by atomic mass is 10.3. The highest BCUT2D eigenvalue weighted by Crippen LogP contribution is 2.09. The first kappa shape index (κ1) is 13.8. The lowest BCUT2D eigenvalue weighted by Gasteiger charge is -2.16. The first-order chi connectivity index (χ1) is 9.67. The minimum absolute atomic E-state index is 0.136. The number of terminal acetylenes is 1. The predicted octanol–water partition coefficient (Wildman–Crippen LogP) is 0.503. The number of hydrazine groups is 1. The van der Waals surface area contributed by atoms with Crippen LogP contribution in [0, 0.1) is 12.3 Å². The van der Waals surface area contributed by atoms with Crippen LogP contribution in [0.2, 0.25) is 0 Å². The van der Waals surface area contributed by atoms with E-state index in [1.54, 1.807) is 0 Å². The number of rotatable bonds is 4. The van der Waals surface area contributed by atoms with Gasteiger partial charge in [0.15, 0.2) is 0 Å². The van der Waals surface area contributed by atoms with Crippen molar-refractivity contribution in [1.82, 2.24) is 14.5 Å². The van der Waals surface area contributed by atoms with Crippen LogP contribution in [0.5, 0.6) is 0 Å². The van der Waals surface area contributed by atoms with Crippen molar-refractivity contribution < 1.29 is 0 Å². The Kier molecular flexibility index (Phi) is 4.13. The summed E-state index contributed by atoms with van der Waals surface area (Å²) in [5, 5.41) is 1.18. The molecule has 0 unspecified atom stereocenters. The van der Waals surface area contributed by atoms with Crippen LogP contribution in [0.1, 0.15) is 12.7 Å². The maximum absolute atomic E-state index is 12.2. The molecular formula is C14H15N5O. The zero-order valence-corrected chi connectivity index (χ0v) is 11.2. The molecule has 102 valence electrons. The van der Waals surface area contributed by atoms with Gasteiger partial charge < -0.3 is 0 Å². The van der Waals surface area contributed by atoms with Crippen LogP contribution in [-0.4, -0.2) is 21.1 Å². The Labute approximate surface area is 116 Å². The summed E-state index contributed by atoms with van der Waals surface area (Å²) >= 11 is 0. The summed E-state index contributed by atoms with van der Waals surface area (Å²) < 4.78 is 1.47. The molecule has 0 amide bonds. The number of anilines is 1. The standard InChI is InChI=1S/C14H15N5O/c1-3-10-18(15)13-16-12(4-2)19(14(20)17-13)11-8-6-5-7-9-11/h1,5-9H,4,10,15H2,2H3. The van der Waals surface area contributed by atoms with Crippen molar-refractivity contribution >= 4 is 5.95 Å². The van der Waals surface area contributed by atoms with Gasteiger partial charge in [-0.05, 0) is 12.1 Å². The number of hydrogen-bond donors (Lipinski definition) is 1. The second-order valence-electron chi connectivity index (χ2n) is 4.08. The Morgan fingerprint density at radius 3 is 2.65 bits per heavy atom. The fraction of sp³-hybridized carbons (Fsp3) is 0.214. The molecule has 2 aromatic rings. The van der Waals surface area contributed by atoms with Gasteiger partial charge in [-0.2, -0.15) is 9.97 Å². The van der Waals surface area contributed by atoms with E-state index in [0.29, 0.717) is 12.2 Å². The highest BCUT2D eigenvalue weighted by Gasteiger charge is 2.12. The molecule has 2 rings (SSSR count). The van der Waals surface area contributed by atoms with Crippen LogP contribution >= 0.6 is 0 Å². The van der Waals surface area contributed by atoms with Crippen molar-refractivity contribution in [2.75, 3.05) is 11.6 Å². The summed E-state index contributed by atoms with van der Waals surface area (Å²) in [4.78, 5) is 20.4. The maximum atomic E-state index is 12.2. The molecule has 1 aromatic carbocycles. The molecule has 2 N–H and O–H groups in total. The van der Waals surface area contributed by atoms with Crippen LogP contribution in [-0.2, 0) is 6.42 Å². The summed E-state index contributed by atoms with van der Waals surface area (Å²) in [7, 11) is 0. The highest BCUT2D eigenvalue weighted by molar-refractivity contribution is 5.35. The monoisotopic (exact) mass is 269 g/mol. The number of aromatic nitrogens is 3. The molecule has 0 saturated heterocycles. The second kappa shape index (κ2) is 5.99. The minimum Gasteiger partial charge on any atom is -0.266 e. The Hall–Kier alpha value is -2.65. The quantitative estimate of drug-likeness (QED) is 0.497. The smallest absolute Gasteiger partial charge is 0.266 e. The predicted molar refractivity (Wildman–Crippen MR) is 77.4 cm³/mol. The summed E-state index contributed by atoms with van der Waals surface area (Å²) in [6.45, 7) is 2.05. The van der Waals surface area contributed by atoms with E-state index in [-0.39, 0.29) is 12.5 Å². The van der Waals surface area contributed by atoms with Crippen LogP contribution in [0.3, 0.4) is 0 Å². The molecule has 6 nitrogen and oxygen atoms in total. The minimum atomic E-state index is -0.425. The molecule has 0 atom stereocenters. The first-order valence-corrected chi connectivity index (χ1v) is 6.18. The second-order valence-corrected chi connectivity index (χ2v) is 4.08. The number of nitrogens with zero attached hydrogens (tertiary/aromatic N) is 4. The molecule has 20 heavy (non-hydrogen) atoms. The lowest BCUT2D eigenvalue weighted by Crippen LogP contribution is -2.37. The SMILES string of the molecule is C#CCN(N)c1nc(CC)n(-c2ccccc2)c(=O)n1. The van der Waals surface area contributed by atoms with Gasteiger partial charge >= 0.3 is 5.69 Å². The lowest BCUT2D eigenvalue weighted by molar-refractivity contribution is 0.742. The van der Waals surface area contributed by atoms with Gasteiger partial charge in [0.1, 0.15) is 5.82 Å². The normalized spacial score (nSPS) is 10.1. The average molecular weight is 269 g/mol. The van der Waals surface area contributed by atoms with Gasteiger partial charge in [0.25, 0.3) is 0 Å². The Bertz CT molecular complexity index is 687. The number of nitrogens with two attached hydrogens (primary N) is 1. The molecule has 1 aromatic heterocycles. The van der Waals surface area contributed by atoms with Crippen LogP contribution < -0.4 is 16.5 Å². The molecule has 0 aliphatic rings. The van der Waals surface area contributed by atoms with Crippen LogP contribution in [0.4, 0.5) is 5.95 Å². The molecule has 0 fully saturated rings.